The lowest BCUT2D eigenvalue weighted by molar-refractivity contribution is 0.158. The molecule has 0 saturated heterocycles. The van der Waals surface area contributed by atoms with Crippen molar-refractivity contribution in [1.29, 1.82) is 0 Å². The van der Waals surface area contributed by atoms with Gasteiger partial charge in [0.25, 0.3) is 0 Å². The maximum atomic E-state index is 11.6. The Labute approximate surface area is 108 Å². The Morgan fingerprint density at radius 2 is 2.11 bits per heavy atom. The first-order chi connectivity index (χ1) is 8.51. The van der Waals surface area contributed by atoms with Crippen molar-refractivity contribution in [3.8, 4) is 0 Å². The van der Waals surface area contributed by atoms with E-state index in [1.54, 1.807) is 6.07 Å². The predicted molar refractivity (Wildman–Crippen MR) is 72.1 cm³/mol. The first-order valence-corrected chi connectivity index (χ1v) is 7.14. The van der Waals surface area contributed by atoms with Gasteiger partial charge >= 0.3 is 0 Å². The minimum atomic E-state index is -3.45. The first-order valence-electron chi connectivity index (χ1n) is 5.66. The van der Waals surface area contributed by atoms with Gasteiger partial charge in [0, 0.05) is 13.2 Å². The molecule has 4 N–H and O–H groups in total. The molecule has 0 aliphatic rings. The van der Waals surface area contributed by atoms with Gasteiger partial charge < -0.3 is 15.8 Å². The fourth-order valence-corrected chi connectivity index (χ4v) is 2.15. The Morgan fingerprint density at radius 3 is 2.67 bits per heavy atom. The summed E-state index contributed by atoms with van der Waals surface area (Å²) in [6.07, 6.45) is 0. The molecule has 0 spiro atoms. The summed E-state index contributed by atoms with van der Waals surface area (Å²) < 4.78 is 30.5. The van der Waals surface area contributed by atoms with Gasteiger partial charge in [0.2, 0.25) is 10.0 Å². The normalized spacial score (nSPS) is 11.4. The number of sulfonamides is 1. The second kappa shape index (κ2) is 6.58. The number of nitrogen functional groups attached to an aromatic ring is 1. The highest BCUT2D eigenvalue weighted by Gasteiger charge is 2.12. The van der Waals surface area contributed by atoms with Crippen molar-refractivity contribution in [1.82, 2.24) is 4.72 Å². The van der Waals surface area contributed by atoms with Crippen LogP contribution in [0.3, 0.4) is 0 Å². The smallest absolute Gasteiger partial charge is 0.240 e. The van der Waals surface area contributed by atoms with E-state index in [4.69, 9.17) is 10.5 Å². The van der Waals surface area contributed by atoms with Crippen LogP contribution in [0, 0.1) is 0 Å². The lowest BCUT2D eigenvalue weighted by Gasteiger charge is -2.11. The fourth-order valence-electron chi connectivity index (χ4n) is 1.39. The average molecular weight is 273 g/mol. The number of nitrogens with two attached hydrogens (primary N) is 1. The van der Waals surface area contributed by atoms with Crippen LogP contribution in [-0.4, -0.2) is 35.2 Å². The molecule has 102 valence electrons. The van der Waals surface area contributed by atoms with Crippen LogP contribution in [0.4, 0.5) is 11.4 Å². The number of rotatable bonds is 7. The van der Waals surface area contributed by atoms with Crippen LogP contribution in [0.25, 0.3) is 0 Å². The first kappa shape index (κ1) is 14.7. The van der Waals surface area contributed by atoms with Crippen molar-refractivity contribution in [3.05, 3.63) is 18.2 Å². The minimum absolute atomic E-state index is 0.151. The summed E-state index contributed by atoms with van der Waals surface area (Å²) in [5.74, 6) is 0. The van der Waals surface area contributed by atoms with E-state index < -0.39 is 10.0 Å². The summed E-state index contributed by atoms with van der Waals surface area (Å²) in [6.45, 7) is 3.78. The highest BCUT2D eigenvalue weighted by atomic mass is 32.2. The molecule has 18 heavy (non-hydrogen) atoms. The molecule has 0 saturated carbocycles. The second-order valence-corrected chi connectivity index (χ2v) is 5.47. The molecule has 0 unspecified atom stereocenters. The molecule has 0 fully saturated rings. The average Bonchev–Trinajstić information content (AvgIpc) is 2.36. The van der Waals surface area contributed by atoms with E-state index in [-0.39, 0.29) is 4.90 Å². The monoisotopic (exact) mass is 273 g/mol. The SMILES string of the molecule is CCOCCNc1ccc(S(=O)(=O)NC)cc1N. The van der Waals surface area contributed by atoms with Crippen LogP contribution in [-0.2, 0) is 14.8 Å². The minimum Gasteiger partial charge on any atom is -0.397 e. The zero-order valence-corrected chi connectivity index (χ0v) is 11.4. The Kier molecular flexibility index (Phi) is 5.39. The van der Waals surface area contributed by atoms with Crippen molar-refractivity contribution in [2.24, 2.45) is 0 Å². The quantitative estimate of drug-likeness (QED) is 0.500. The van der Waals surface area contributed by atoms with Crippen LogP contribution >= 0.6 is 0 Å². The van der Waals surface area contributed by atoms with Crippen molar-refractivity contribution in [2.45, 2.75) is 11.8 Å². The summed E-state index contributed by atoms with van der Waals surface area (Å²) in [7, 11) is -2.09. The zero-order chi connectivity index (χ0) is 13.6. The third-order valence-corrected chi connectivity index (χ3v) is 3.78. The van der Waals surface area contributed by atoms with Crippen LogP contribution in [0.15, 0.2) is 23.1 Å². The van der Waals surface area contributed by atoms with E-state index in [1.807, 2.05) is 6.92 Å². The molecular weight excluding hydrogens is 254 g/mol. The zero-order valence-electron chi connectivity index (χ0n) is 10.6. The Hall–Kier alpha value is -1.31. The van der Waals surface area contributed by atoms with Gasteiger partial charge in [0.1, 0.15) is 0 Å². The molecule has 7 heteroatoms. The molecule has 0 atom stereocenters. The third-order valence-electron chi connectivity index (χ3n) is 2.37. The molecule has 0 bridgehead atoms. The number of ether oxygens (including phenoxy) is 1. The van der Waals surface area contributed by atoms with Crippen molar-refractivity contribution in [3.63, 3.8) is 0 Å². The Bertz CT molecular complexity index is 488. The Morgan fingerprint density at radius 1 is 1.39 bits per heavy atom. The lowest BCUT2D eigenvalue weighted by atomic mass is 10.2. The van der Waals surface area contributed by atoms with E-state index in [0.717, 1.165) is 0 Å². The van der Waals surface area contributed by atoms with Gasteiger partial charge in [0.05, 0.1) is 22.9 Å². The second-order valence-electron chi connectivity index (χ2n) is 3.58. The number of anilines is 2. The maximum Gasteiger partial charge on any atom is 0.240 e. The number of hydrogen-bond donors (Lipinski definition) is 3. The largest absolute Gasteiger partial charge is 0.397 e. The van der Waals surface area contributed by atoms with Gasteiger partial charge in [0.15, 0.2) is 0 Å². The van der Waals surface area contributed by atoms with E-state index in [2.05, 4.69) is 10.0 Å². The molecule has 0 aliphatic heterocycles. The van der Waals surface area contributed by atoms with Gasteiger partial charge in [-0.15, -0.1) is 0 Å². The van der Waals surface area contributed by atoms with Crippen LogP contribution in [0.1, 0.15) is 6.92 Å². The summed E-state index contributed by atoms with van der Waals surface area (Å²) in [5, 5.41) is 3.08. The molecule has 0 aliphatic carbocycles. The van der Waals surface area contributed by atoms with E-state index in [9.17, 15) is 8.42 Å². The summed E-state index contributed by atoms with van der Waals surface area (Å²) in [6, 6.07) is 4.57. The van der Waals surface area contributed by atoms with Crippen molar-refractivity contribution >= 4 is 21.4 Å². The maximum absolute atomic E-state index is 11.6. The van der Waals surface area contributed by atoms with Gasteiger partial charge in [-0.1, -0.05) is 0 Å². The third kappa shape index (κ3) is 3.86. The topological polar surface area (TPSA) is 93.4 Å². The summed E-state index contributed by atoms with van der Waals surface area (Å²) >= 11 is 0. The van der Waals surface area contributed by atoms with Crippen LogP contribution in [0.2, 0.25) is 0 Å². The van der Waals surface area contributed by atoms with E-state index >= 15 is 0 Å². The standard InChI is InChI=1S/C11H19N3O3S/c1-3-17-7-6-14-11-5-4-9(8-10(11)12)18(15,16)13-2/h4-5,8,13-14H,3,6-7,12H2,1-2H3. The molecule has 1 aromatic carbocycles. The molecular formula is C11H19N3O3S. The van der Waals surface area contributed by atoms with E-state index in [1.165, 1.54) is 19.2 Å². The Balaban J connectivity index is 2.74. The molecule has 6 nitrogen and oxygen atoms in total. The summed E-state index contributed by atoms with van der Waals surface area (Å²) in [5.41, 5.74) is 6.88. The van der Waals surface area contributed by atoms with Crippen LogP contribution in [0.5, 0.6) is 0 Å². The van der Waals surface area contributed by atoms with Crippen molar-refractivity contribution < 1.29 is 13.2 Å². The highest BCUT2D eigenvalue weighted by Crippen LogP contribution is 2.22. The fraction of sp³-hybridized carbons (Fsp3) is 0.455. The van der Waals surface area contributed by atoms with Gasteiger partial charge in [-0.05, 0) is 32.2 Å². The number of benzene rings is 1. The number of nitrogens with one attached hydrogen (secondary N) is 2. The molecule has 0 heterocycles. The van der Waals surface area contributed by atoms with E-state index in [0.29, 0.717) is 31.1 Å². The van der Waals surface area contributed by atoms with Crippen LogP contribution < -0.4 is 15.8 Å². The predicted octanol–water partition coefficient (Wildman–Crippen LogP) is 0.625. The lowest BCUT2D eigenvalue weighted by Crippen LogP contribution is -2.19. The van der Waals surface area contributed by atoms with Crippen molar-refractivity contribution in [2.75, 3.05) is 37.9 Å². The van der Waals surface area contributed by atoms with Gasteiger partial charge in [-0.3, -0.25) is 0 Å². The van der Waals surface area contributed by atoms with Gasteiger partial charge in [-0.25, -0.2) is 13.1 Å². The van der Waals surface area contributed by atoms with Gasteiger partial charge in [-0.2, -0.15) is 0 Å². The molecule has 1 rings (SSSR count). The summed E-state index contributed by atoms with van der Waals surface area (Å²) in [4.78, 5) is 0.151. The molecule has 0 amide bonds. The molecule has 1 aromatic rings. The molecule has 0 aromatic heterocycles. The number of hydrogen-bond acceptors (Lipinski definition) is 5. The highest BCUT2D eigenvalue weighted by molar-refractivity contribution is 7.89. The molecule has 0 radical (unpaired) electrons.